The molecule has 1 fully saturated rings. The predicted molar refractivity (Wildman–Crippen MR) is 78.7 cm³/mol. The van der Waals surface area contributed by atoms with Crippen LogP contribution in [0.1, 0.15) is 18.4 Å². The van der Waals surface area contributed by atoms with E-state index in [4.69, 9.17) is 32.7 Å². The minimum Gasteiger partial charge on any atom is -0.495 e. The highest BCUT2D eigenvalue weighted by molar-refractivity contribution is 6.34. The average Bonchev–Trinajstić information content (AvgIpc) is 2.93. The lowest BCUT2D eigenvalue weighted by molar-refractivity contribution is -0.120. The van der Waals surface area contributed by atoms with Crippen LogP contribution in [0.5, 0.6) is 5.75 Å². The molecular weight excluding hydrogens is 301 g/mol. The first kappa shape index (κ1) is 15.4. The maximum Gasteiger partial charge on any atom is 0.224 e. The first-order chi connectivity index (χ1) is 9.60. The fourth-order valence-corrected chi connectivity index (χ4v) is 2.61. The van der Waals surface area contributed by atoms with Gasteiger partial charge in [0, 0.05) is 24.2 Å². The molecule has 4 nitrogen and oxygen atoms in total. The second kappa shape index (κ2) is 7.16. The number of amides is 1. The fourth-order valence-electron chi connectivity index (χ4n) is 2.13. The van der Waals surface area contributed by atoms with Gasteiger partial charge >= 0.3 is 0 Å². The summed E-state index contributed by atoms with van der Waals surface area (Å²) in [5.74, 6) is 0.406. The molecule has 2 rings (SSSR count). The Hall–Kier alpha value is -0.970. The van der Waals surface area contributed by atoms with E-state index in [1.807, 2.05) is 0 Å². The molecule has 1 N–H and O–H groups in total. The summed E-state index contributed by atoms with van der Waals surface area (Å²) in [6.07, 6.45) is 2.37. The van der Waals surface area contributed by atoms with Gasteiger partial charge in [-0.3, -0.25) is 4.79 Å². The zero-order valence-corrected chi connectivity index (χ0v) is 12.8. The van der Waals surface area contributed by atoms with E-state index in [0.29, 0.717) is 27.9 Å². The van der Waals surface area contributed by atoms with Crippen molar-refractivity contribution in [3.05, 3.63) is 27.7 Å². The Kier molecular flexibility index (Phi) is 5.52. The second-order valence-electron chi connectivity index (χ2n) is 4.69. The van der Waals surface area contributed by atoms with Crippen LogP contribution in [-0.2, 0) is 16.0 Å². The van der Waals surface area contributed by atoms with Crippen LogP contribution in [-0.4, -0.2) is 32.3 Å². The van der Waals surface area contributed by atoms with Crippen molar-refractivity contribution in [2.45, 2.75) is 25.4 Å². The predicted octanol–water partition coefficient (Wildman–Crippen LogP) is 2.84. The number of carbonyl (C=O) groups excluding carboxylic acids is 1. The minimum atomic E-state index is -0.0939. The van der Waals surface area contributed by atoms with E-state index >= 15 is 0 Å². The van der Waals surface area contributed by atoms with Gasteiger partial charge in [-0.2, -0.15) is 0 Å². The van der Waals surface area contributed by atoms with E-state index in [2.05, 4.69) is 5.32 Å². The second-order valence-corrected chi connectivity index (χ2v) is 5.51. The van der Waals surface area contributed by atoms with Crippen molar-refractivity contribution in [1.82, 2.24) is 5.32 Å². The quantitative estimate of drug-likeness (QED) is 0.908. The third-order valence-electron chi connectivity index (χ3n) is 3.22. The smallest absolute Gasteiger partial charge is 0.224 e. The summed E-state index contributed by atoms with van der Waals surface area (Å²) in [5.41, 5.74) is 0.683. The fraction of sp³-hybridized carbons (Fsp3) is 0.500. The molecule has 6 heteroatoms. The number of benzene rings is 1. The Morgan fingerprint density at radius 1 is 1.45 bits per heavy atom. The Morgan fingerprint density at radius 2 is 2.25 bits per heavy atom. The molecule has 1 unspecified atom stereocenters. The molecule has 0 aliphatic carbocycles. The first-order valence-electron chi connectivity index (χ1n) is 6.50. The number of hydrogen-bond donors (Lipinski definition) is 1. The van der Waals surface area contributed by atoms with Gasteiger partial charge in [0.25, 0.3) is 0 Å². The van der Waals surface area contributed by atoms with Gasteiger partial charge in [0.2, 0.25) is 5.91 Å². The molecule has 0 spiro atoms. The lowest BCUT2D eigenvalue weighted by Gasteiger charge is -2.12. The molecule has 0 radical (unpaired) electrons. The van der Waals surface area contributed by atoms with E-state index in [-0.39, 0.29) is 18.4 Å². The SMILES string of the molecule is COc1cc(Cl)c(CC(=O)NCC2CCCO2)cc1Cl. The number of ether oxygens (including phenoxy) is 2. The summed E-state index contributed by atoms with van der Waals surface area (Å²) >= 11 is 12.1. The zero-order chi connectivity index (χ0) is 14.5. The van der Waals surface area contributed by atoms with Gasteiger partial charge in [-0.1, -0.05) is 23.2 Å². The standard InChI is InChI=1S/C14H17Cl2NO3/c1-19-13-7-11(15)9(5-12(13)16)6-14(18)17-8-10-3-2-4-20-10/h5,7,10H,2-4,6,8H2,1H3,(H,17,18). The summed E-state index contributed by atoms with van der Waals surface area (Å²) in [6, 6.07) is 3.28. The molecule has 1 atom stereocenters. The number of methoxy groups -OCH3 is 1. The molecule has 1 aromatic carbocycles. The minimum absolute atomic E-state index is 0.0939. The monoisotopic (exact) mass is 317 g/mol. The van der Waals surface area contributed by atoms with E-state index in [1.165, 1.54) is 7.11 Å². The van der Waals surface area contributed by atoms with Crippen LogP contribution in [0.2, 0.25) is 10.0 Å². The van der Waals surface area contributed by atoms with Crippen molar-refractivity contribution < 1.29 is 14.3 Å². The topological polar surface area (TPSA) is 47.6 Å². The lowest BCUT2D eigenvalue weighted by Crippen LogP contribution is -2.32. The maximum absolute atomic E-state index is 11.9. The highest BCUT2D eigenvalue weighted by Crippen LogP contribution is 2.31. The van der Waals surface area contributed by atoms with Crippen molar-refractivity contribution >= 4 is 29.1 Å². The van der Waals surface area contributed by atoms with E-state index in [1.54, 1.807) is 12.1 Å². The average molecular weight is 318 g/mol. The van der Waals surface area contributed by atoms with Crippen LogP contribution in [0.4, 0.5) is 0 Å². The van der Waals surface area contributed by atoms with Gasteiger partial charge in [0.1, 0.15) is 5.75 Å². The largest absolute Gasteiger partial charge is 0.495 e. The summed E-state index contributed by atoms with van der Waals surface area (Å²) in [6.45, 7) is 1.32. The Labute approximate surface area is 128 Å². The van der Waals surface area contributed by atoms with Crippen LogP contribution in [0.15, 0.2) is 12.1 Å². The zero-order valence-electron chi connectivity index (χ0n) is 11.2. The third kappa shape index (κ3) is 4.01. The molecule has 1 aliphatic heterocycles. The van der Waals surface area contributed by atoms with E-state index in [0.717, 1.165) is 19.4 Å². The number of hydrogen-bond acceptors (Lipinski definition) is 3. The van der Waals surface area contributed by atoms with Gasteiger partial charge in [-0.15, -0.1) is 0 Å². The normalized spacial score (nSPS) is 18.1. The number of rotatable bonds is 5. The molecule has 20 heavy (non-hydrogen) atoms. The third-order valence-corrected chi connectivity index (χ3v) is 3.87. The summed E-state index contributed by atoms with van der Waals surface area (Å²) in [4.78, 5) is 11.9. The number of carbonyl (C=O) groups is 1. The lowest BCUT2D eigenvalue weighted by atomic mass is 10.1. The molecule has 110 valence electrons. The van der Waals surface area contributed by atoms with Crippen molar-refractivity contribution in [1.29, 1.82) is 0 Å². The molecule has 0 bridgehead atoms. The van der Waals surface area contributed by atoms with Crippen LogP contribution >= 0.6 is 23.2 Å². The van der Waals surface area contributed by atoms with E-state index in [9.17, 15) is 4.79 Å². The Balaban J connectivity index is 1.91. The molecule has 1 heterocycles. The van der Waals surface area contributed by atoms with Gasteiger partial charge in [-0.05, 0) is 24.5 Å². The molecule has 0 aromatic heterocycles. The number of halogens is 2. The molecule has 1 aliphatic rings. The first-order valence-corrected chi connectivity index (χ1v) is 7.26. The summed E-state index contributed by atoms with van der Waals surface area (Å²) in [5, 5.41) is 3.77. The summed E-state index contributed by atoms with van der Waals surface area (Å²) < 4.78 is 10.5. The van der Waals surface area contributed by atoms with Crippen LogP contribution in [0, 0.1) is 0 Å². The van der Waals surface area contributed by atoms with Crippen molar-refractivity contribution in [3.8, 4) is 5.75 Å². The van der Waals surface area contributed by atoms with Crippen molar-refractivity contribution in [2.75, 3.05) is 20.3 Å². The van der Waals surface area contributed by atoms with Gasteiger partial charge in [0.15, 0.2) is 0 Å². The van der Waals surface area contributed by atoms with Crippen LogP contribution in [0.3, 0.4) is 0 Å². The number of nitrogens with one attached hydrogen (secondary N) is 1. The highest BCUT2D eigenvalue weighted by Gasteiger charge is 2.17. The molecule has 1 amide bonds. The maximum atomic E-state index is 11.9. The van der Waals surface area contributed by atoms with Crippen LogP contribution < -0.4 is 10.1 Å². The summed E-state index contributed by atoms with van der Waals surface area (Å²) in [7, 11) is 1.52. The Bertz CT molecular complexity index is 488. The van der Waals surface area contributed by atoms with Gasteiger partial charge in [0.05, 0.1) is 24.7 Å². The van der Waals surface area contributed by atoms with Crippen LogP contribution in [0.25, 0.3) is 0 Å². The van der Waals surface area contributed by atoms with Gasteiger partial charge in [-0.25, -0.2) is 0 Å². The van der Waals surface area contributed by atoms with Gasteiger partial charge < -0.3 is 14.8 Å². The van der Waals surface area contributed by atoms with E-state index < -0.39 is 0 Å². The highest BCUT2D eigenvalue weighted by atomic mass is 35.5. The molecular formula is C14H17Cl2NO3. The molecule has 0 saturated carbocycles. The Morgan fingerprint density at radius 3 is 2.90 bits per heavy atom. The van der Waals surface area contributed by atoms with Crippen molar-refractivity contribution in [2.24, 2.45) is 0 Å². The van der Waals surface area contributed by atoms with Crippen molar-refractivity contribution in [3.63, 3.8) is 0 Å². The molecule has 1 saturated heterocycles. The molecule has 1 aromatic rings.